The molecule has 6 nitrogen and oxygen atoms in total. The summed E-state index contributed by atoms with van der Waals surface area (Å²) in [5, 5.41) is 6.27. The maximum atomic E-state index is 11.9. The first kappa shape index (κ1) is 15.4. The molecule has 1 aromatic heterocycles. The number of rotatable bonds is 5. The summed E-state index contributed by atoms with van der Waals surface area (Å²) < 4.78 is 0. The van der Waals surface area contributed by atoms with E-state index < -0.39 is 0 Å². The van der Waals surface area contributed by atoms with E-state index in [-0.39, 0.29) is 17.7 Å². The van der Waals surface area contributed by atoms with Gasteiger partial charge in [-0.05, 0) is 25.0 Å². The fraction of sp³-hybridized carbons (Fsp3) is 0.250. The van der Waals surface area contributed by atoms with Crippen molar-refractivity contribution >= 4 is 40.2 Å². The number of anilines is 2. The van der Waals surface area contributed by atoms with Gasteiger partial charge in [0, 0.05) is 18.2 Å². The Morgan fingerprint density at radius 3 is 2.74 bits per heavy atom. The summed E-state index contributed by atoms with van der Waals surface area (Å²) in [6.45, 7) is 1.50. The van der Waals surface area contributed by atoms with Gasteiger partial charge in [-0.2, -0.15) is 5.10 Å². The fourth-order valence-electron chi connectivity index (χ4n) is 2.04. The second-order valence-electron chi connectivity index (χ2n) is 5.25. The maximum Gasteiger partial charge on any atom is 0.243 e. The lowest BCUT2D eigenvalue weighted by Crippen LogP contribution is -2.22. The van der Waals surface area contributed by atoms with Crippen LogP contribution >= 0.6 is 11.3 Å². The van der Waals surface area contributed by atoms with Crippen molar-refractivity contribution in [3.05, 3.63) is 41.4 Å². The third-order valence-electron chi connectivity index (χ3n) is 3.35. The van der Waals surface area contributed by atoms with Crippen LogP contribution in [0.2, 0.25) is 0 Å². The molecule has 2 aromatic rings. The van der Waals surface area contributed by atoms with Crippen molar-refractivity contribution in [2.24, 2.45) is 11.0 Å². The second-order valence-corrected chi connectivity index (χ2v) is 6.09. The van der Waals surface area contributed by atoms with E-state index in [0.29, 0.717) is 10.8 Å². The van der Waals surface area contributed by atoms with Crippen molar-refractivity contribution in [3.8, 4) is 0 Å². The molecule has 2 amide bonds. The number of nitrogens with zero attached hydrogens (tertiary/aromatic N) is 3. The minimum atomic E-state index is -0.115. The maximum absolute atomic E-state index is 11.9. The number of carbonyl (C=O) groups is 2. The lowest BCUT2D eigenvalue weighted by molar-refractivity contribution is -0.122. The third-order valence-corrected chi connectivity index (χ3v) is 4.19. The summed E-state index contributed by atoms with van der Waals surface area (Å²) in [5.41, 5.74) is 3.86. The van der Waals surface area contributed by atoms with Crippen LogP contribution in [0.3, 0.4) is 0 Å². The van der Waals surface area contributed by atoms with Crippen LogP contribution < -0.4 is 10.3 Å². The van der Waals surface area contributed by atoms with E-state index in [2.05, 4.69) is 15.5 Å². The normalized spacial score (nSPS) is 14.0. The summed E-state index contributed by atoms with van der Waals surface area (Å²) in [6, 6.07) is 9.34. The van der Waals surface area contributed by atoms with Crippen molar-refractivity contribution < 1.29 is 9.59 Å². The van der Waals surface area contributed by atoms with Crippen molar-refractivity contribution in [1.82, 2.24) is 10.4 Å². The standard InChI is InChI=1S/C16H16N4O2S/c1-11(21)20(14-5-3-2-4-6-14)16-18-13(10-23-16)9-17-19-15(22)12-7-8-12/h2-6,9-10,12H,7-8H2,1H3,(H,19,22)/b17-9-. The van der Waals surface area contributed by atoms with Crippen LogP contribution in [0.25, 0.3) is 0 Å². The molecule has 0 atom stereocenters. The molecule has 0 radical (unpaired) electrons. The topological polar surface area (TPSA) is 74.7 Å². The number of hydrazone groups is 1. The molecule has 3 rings (SSSR count). The van der Waals surface area contributed by atoms with Crippen molar-refractivity contribution in [1.29, 1.82) is 0 Å². The van der Waals surface area contributed by atoms with Gasteiger partial charge in [0.25, 0.3) is 0 Å². The lowest BCUT2D eigenvalue weighted by Gasteiger charge is -2.17. The smallest absolute Gasteiger partial charge is 0.243 e. The van der Waals surface area contributed by atoms with E-state index in [0.717, 1.165) is 18.5 Å². The quantitative estimate of drug-likeness (QED) is 0.677. The zero-order valence-corrected chi connectivity index (χ0v) is 13.4. The number of benzene rings is 1. The first-order valence-corrected chi connectivity index (χ1v) is 8.17. The predicted octanol–water partition coefficient (Wildman–Crippen LogP) is 2.69. The van der Waals surface area contributed by atoms with E-state index in [1.54, 1.807) is 10.3 Å². The Hall–Kier alpha value is -2.54. The van der Waals surface area contributed by atoms with E-state index in [9.17, 15) is 9.59 Å². The Morgan fingerprint density at radius 1 is 1.35 bits per heavy atom. The number of para-hydroxylation sites is 1. The van der Waals surface area contributed by atoms with E-state index in [1.807, 2.05) is 30.3 Å². The first-order valence-electron chi connectivity index (χ1n) is 7.29. The van der Waals surface area contributed by atoms with Gasteiger partial charge in [-0.25, -0.2) is 10.4 Å². The molecule has 0 spiro atoms. The summed E-state index contributed by atoms with van der Waals surface area (Å²) in [6.07, 6.45) is 3.36. The molecule has 1 heterocycles. The highest BCUT2D eigenvalue weighted by molar-refractivity contribution is 7.14. The molecule has 0 unspecified atom stereocenters. The van der Waals surface area contributed by atoms with E-state index in [4.69, 9.17) is 0 Å². The number of hydrogen-bond acceptors (Lipinski definition) is 5. The molecule has 0 bridgehead atoms. The van der Waals surface area contributed by atoms with Gasteiger partial charge in [0.1, 0.15) is 0 Å². The Kier molecular flexibility index (Phi) is 4.47. The summed E-state index contributed by atoms with van der Waals surface area (Å²) in [7, 11) is 0. The number of carbonyl (C=O) groups excluding carboxylic acids is 2. The molecule has 1 aliphatic carbocycles. The molecule has 1 aliphatic rings. The van der Waals surface area contributed by atoms with Crippen LogP contribution in [-0.4, -0.2) is 23.0 Å². The highest BCUT2D eigenvalue weighted by atomic mass is 32.1. The number of nitrogens with one attached hydrogen (secondary N) is 1. The van der Waals surface area contributed by atoms with Crippen molar-refractivity contribution in [2.45, 2.75) is 19.8 Å². The highest BCUT2D eigenvalue weighted by Crippen LogP contribution is 2.29. The van der Waals surface area contributed by atoms with Crippen molar-refractivity contribution in [3.63, 3.8) is 0 Å². The lowest BCUT2D eigenvalue weighted by atomic mass is 10.3. The molecule has 1 aromatic carbocycles. The molecule has 1 N–H and O–H groups in total. The number of thiazole rings is 1. The summed E-state index contributed by atoms with van der Waals surface area (Å²) >= 11 is 1.35. The van der Waals surface area contributed by atoms with Gasteiger partial charge in [0.05, 0.1) is 17.6 Å². The fourth-order valence-corrected chi connectivity index (χ4v) is 2.88. The van der Waals surface area contributed by atoms with Gasteiger partial charge in [-0.1, -0.05) is 18.2 Å². The van der Waals surface area contributed by atoms with E-state index >= 15 is 0 Å². The van der Waals surface area contributed by atoms with Gasteiger partial charge >= 0.3 is 0 Å². The Morgan fingerprint density at radius 2 is 2.09 bits per heavy atom. The summed E-state index contributed by atoms with van der Waals surface area (Å²) in [4.78, 5) is 29.4. The molecule has 0 aliphatic heterocycles. The third kappa shape index (κ3) is 3.81. The Bertz CT molecular complexity index is 738. The summed E-state index contributed by atoms with van der Waals surface area (Å²) in [5.74, 6) is -0.0492. The van der Waals surface area contributed by atoms with Crippen LogP contribution in [0, 0.1) is 5.92 Å². The molecule has 0 saturated heterocycles. The minimum Gasteiger partial charge on any atom is -0.274 e. The average Bonchev–Trinajstić information content (AvgIpc) is 3.30. The zero-order valence-electron chi connectivity index (χ0n) is 12.6. The largest absolute Gasteiger partial charge is 0.274 e. The minimum absolute atomic E-state index is 0.0497. The molecule has 7 heteroatoms. The molecule has 1 saturated carbocycles. The molecule has 118 valence electrons. The molecule has 1 fully saturated rings. The van der Waals surface area contributed by atoms with Gasteiger partial charge in [-0.15, -0.1) is 11.3 Å². The first-order chi connectivity index (χ1) is 11.1. The van der Waals surface area contributed by atoms with Crippen LogP contribution in [0.5, 0.6) is 0 Å². The van der Waals surface area contributed by atoms with Gasteiger partial charge in [-0.3, -0.25) is 14.5 Å². The number of aromatic nitrogens is 1. The predicted molar refractivity (Wildman–Crippen MR) is 89.8 cm³/mol. The number of amides is 2. The van der Waals surface area contributed by atoms with Gasteiger partial charge in [0.2, 0.25) is 11.8 Å². The highest BCUT2D eigenvalue weighted by Gasteiger charge is 2.29. The van der Waals surface area contributed by atoms with E-state index in [1.165, 1.54) is 24.5 Å². The molecule has 23 heavy (non-hydrogen) atoms. The zero-order chi connectivity index (χ0) is 16.2. The van der Waals surface area contributed by atoms with Crippen LogP contribution in [0.4, 0.5) is 10.8 Å². The van der Waals surface area contributed by atoms with Gasteiger partial charge in [0.15, 0.2) is 5.13 Å². The SMILES string of the molecule is CC(=O)N(c1ccccc1)c1nc(/C=N\NC(=O)C2CC2)cs1. The Balaban J connectivity index is 1.72. The monoisotopic (exact) mass is 328 g/mol. The van der Waals surface area contributed by atoms with Crippen molar-refractivity contribution in [2.75, 3.05) is 4.90 Å². The number of hydrogen-bond donors (Lipinski definition) is 1. The van der Waals surface area contributed by atoms with Crippen LogP contribution in [0.15, 0.2) is 40.8 Å². The molecular formula is C16H16N4O2S. The van der Waals surface area contributed by atoms with Crippen LogP contribution in [-0.2, 0) is 9.59 Å². The van der Waals surface area contributed by atoms with Crippen LogP contribution in [0.1, 0.15) is 25.5 Å². The average molecular weight is 328 g/mol. The van der Waals surface area contributed by atoms with Gasteiger partial charge < -0.3 is 0 Å². The second kappa shape index (κ2) is 6.70. The molecular weight excluding hydrogens is 312 g/mol. The Labute approximate surface area is 137 Å².